The highest BCUT2D eigenvalue weighted by atomic mass is 19.4. The molecule has 0 spiro atoms. The number of halogens is 3. The normalized spacial score (nSPS) is 11.4. The number of hydrogen-bond acceptors (Lipinski definition) is 2. The molecule has 0 bridgehead atoms. The van der Waals surface area contributed by atoms with Crippen molar-refractivity contribution in [2.24, 2.45) is 0 Å². The molecule has 110 valence electrons. The van der Waals surface area contributed by atoms with E-state index < -0.39 is 17.5 Å². The molecule has 2 aromatic rings. The van der Waals surface area contributed by atoms with E-state index >= 15 is 0 Å². The molecule has 21 heavy (non-hydrogen) atoms. The SMILES string of the molecule is O=C(COCc1ccccc1)c1cccc(C(F)(F)F)c1. The van der Waals surface area contributed by atoms with Gasteiger partial charge in [-0.2, -0.15) is 13.2 Å². The highest BCUT2D eigenvalue weighted by molar-refractivity contribution is 5.97. The number of hydrogen-bond donors (Lipinski definition) is 0. The summed E-state index contributed by atoms with van der Waals surface area (Å²) in [7, 11) is 0. The zero-order valence-corrected chi connectivity index (χ0v) is 11.1. The summed E-state index contributed by atoms with van der Waals surface area (Å²) in [4.78, 5) is 11.8. The molecule has 0 heterocycles. The number of carbonyl (C=O) groups excluding carboxylic acids is 1. The first-order valence-corrected chi connectivity index (χ1v) is 6.29. The first kappa shape index (κ1) is 15.3. The van der Waals surface area contributed by atoms with E-state index in [0.717, 1.165) is 17.7 Å². The predicted molar refractivity (Wildman–Crippen MR) is 71.9 cm³/mol. The molecule has 0 fully saturated rings. The van der Waals surface area contributed by atoms with Crippen LogP contribution < -0.4 is 0 Å². The molecule has 2 nitrogen and oxygen atoms in total. The molecule has 0 saturated carbocycles. The van der Waals surface area contributed by atoms with Crippen LogP contribution in [-0.4, -0.2) is 12.4 Å². The van der Waals surface area contributed by atoms with E-state index in [1.54, 1.807) is 0 Å². The number of Topliss-reactive ketones (excluding diaryl/α,β-unsaturated/α-hetero) is 1. The van der Waals surface area contributed by atoms with Crippen LogP contribution in [-0.2, 0) is 17.5 Å². The molecular formula is C16H13F3O2. The Bertz CT molecular complexity index is 606. The van der Waals surface area contributed by atoms with Crippen LogP contribution in [0.15, 0.2) is 54.6 Å². The first-order chi connectivity index (χ1) is 9.97. The van der Waals surface area contributed by atoms with Gasteiger partial charge in [0.25, 0.3) is 0 Å². The average molecular weight is 294 g/mol. The summed E-state index contributed by atoms with van der Waals surface area (Å²) in [5.41, 5.74) is 0.0589. The highest BCUT2D eigenvalue weighted by Crippen LogP contribution is 2.29. The Morgan fingerprint density at radius 1 is 1.00 bits per heavy atom. The molecule has 0 amide bonds. The third-order valence-corrected chi connectivity index (χ3v) is 2.86. The molecule has 0 aliphatic rings. The van der Waals surface area contributed by atoms with Gasteiger partial charge in [-0.3, -0.25) is 4.79 Å². The highest BCUT2D eigenvalue weighted by Gasteiger charge is 2.30. The zero-order chi connectivity index (χ0) is 15.3. The fraction of sp³-hybridized carbons (Fsp3) is 0.188. The standard InChI is InChI=1S/C16H13F3O2/c17-16(18,19)14-8-4-7-13(9-14)15(20)11-21-10-12-5-2-1-3-6-12/h1-9H,10-11H2. The smallest absolute Gasteiger partial charge is 0.369 e. The molecule has 2 aromatic carbocycles. The van der Waals surface area contributed by atoms with Gasteiger partial charge in [-0.1, -0.05) is 42.5 Å². The van der Waals surface area contributed by atoms with Crippen molar-refractivity contribution in [2.45, 2.75) is 12.8 Å². The molecular weight excluding hydrogens is 281 g/mol. The monoisotopic (exact) mass is 294 g/mol. The van der Waals surface area contributed by atoms with Gasteiger partial charge in [0.1, 0.15) is 6.61 Å². The van der Waals surface area contributed by atoms with Gasteiger partial charge in [-0.15, -0.1) is 0 Å². The Kier molecular flexibility index (Phi) is 4.75. The van der Waals surface area contributed by atoms with Crippen LogP contribution in [0.5, 0.6) is 0 Å². The molecule has 0 unspecified atom stereocenters. The van der Waals surface area contributed by atoms with E-state index in [-0.39, 0.29) is 18.8 Å². The lowest BCUT2D eigenvalue weighted by Gasteiger charge is -2.08. The van der Waals surface area contributed by atoms with Crippen molar-refractivity contribution in [3.63, 3.8) is 0 Å². The maximum atomic E-state index is 12.6. The van der Waals surface area contributed by atoms with Crippen molar-refractivity contribution in [1.82, 2.24) is 0 Å². The van der Waals surface area contributed by atoms with Gasteiger partial charge in [0.05, 0.1) is 12.2 Å². The number of ketones is 1. The number of carbonyl (C=O) groups is 1. The van der Waals surface area contributed by atoms with E-state index in [1.807, 2.05) is 30.3 Å². The minimum absolute atomic E-state index is 0.00196. The molecule has 0 aliphatic carbocycles. The molecule has 0 radical (unpaired) electrons. The topological polar surface area (TPSA) is 26.3 Å². The van der Waals surface area contributed by atoms with Gasteiger partial charge in [0, 0.05) is 5.56 Å². The van der Waals surface area contributed by atoms with E-state index in [0.29, 0.717) is 0 Å². The summed E-state index contributed by atoms with van der Waals surface area (Å²) in [5.74, 6) is -0.475. The molecule has 0 saturated heterocycles. The predicted octanol–water partition coefficient (Wildman–Crippen LogP) is 4.10. The van der Waals surface area contributed by atoms with Gasteiger partial charge in [0.2, 0.25) is 0 Å². The van der Waals surface area contributed by atoms with Gasteiger partial charge in [0.15, 0.2) is 5.78 Å². The van der Waals surface area contributed by atoms with Crippen LogP contribution in [0.25, 0.3) is 0 Å². The van der Waals surface area contributed by atoms with Gasteiger partial charge >= 0.3 is 6.18 Å². The lowest BCUT2D eigenvalue weighted by atomic mass is 10.1. The minimum atomic E-state index is -4.46. The summed E-state index contributed by atoms with van der Waals surface area (Å²) < 4.78 is 42.9. The largest absolute Gasteiger partial charge is 0.416 e. The Hall–Kier alpha value is -2.14. The van der Waals surface area contributed by atoms with E-state index in [9.17, 15) is 18.0 Å². The second kappa shape index (κ2) is 6.54. The summed E-state index contributed by atoms with van der Waals surface area (Å²) in [6, 6.07) is 13.6. The Balaban J connectivity index is 1.95. The molecule has 0 aliphatic heterocycles. The van der Waals surface area contributed by atoms with Crippen LogP contribution in [0.2, 0.25) is 0 Å². The fourth-order valence-electron chi connectivity index (χ4n) is 1.79. The summed E-state index contributed by atoms with van der Waals surface area (Å²) in [6.45, 7) is -0.0122. The van der Waals surface area contributed by atoms with Crippen LogP contribution in [0.3, 0.4) is 0 Å². The molecule has 0 atom stereocenters. The van der Waals surface area contributed by atoms with Crippen LogP contribution in [0, 0.1) is 0 Å². The first-order valence-electron chi connectivity index (χ1n) is 6.29. The van der Waals surface area contributed by atoms with E-state index in [1.165, 1.54) is 12.1 Å². The van der Waals surface area contributed by atoms with Crippen molar-refractivity contribution in [2.75, 3.05) is 6.61 Å². The van der Waals surface area contributed by atoms with Gasteiger partial charge < -0.3 is 4.74 Å². The van der Waals surface area contributed by atoms with Crippen LogP contribution in [0.4, 0.5) is 13.2 Å². The Labute approximate surface area is 120 Å². The van der Waals surface area contributed by atoms with Crippen molar-refractivity contribution < 1.29 is 22.7 Å². The molecule has 2 rings (SSSR count). The second-order valence-electron chi connectivity index (χ2n) is 4.48. The lowest BCUT2D eigenvalue weighted by molar-refractivity contribution is -0.137. The zero-order valence-electron chi connectivity index (χ0n) is 11.1. The van der Waals surface area contributed by atoms with Gasteiger partial charge in [-0.25, -0.2) is 0 Å². The summed E-state index contributed by atoms with van der Waals surface area (Å²) >= 11 is 0. The number of ether oxygens (including phenoxy) is 1. The van der Waals surface area contributed by atoms with E-state index in [4.69, 9.17) is 4.74 Å². The molecule has 0 N–H and O–H groups in total. The molecule has 5 heteroatoms. The Morgan fingerprint density at radius 2 is 1.71 bits per heavy atom. The van der Waals surface area contributed by atoms with Crippen LogP contribution in [0.1, 0.15) is 21.5 Å². The maximum absolute atomic E-state index is 12.6. The minimum Gasteiger partial charge on any atom is -0.369 e. The third-order valence-electron chi connectivity index (χ3n) is 2.86. The number of benzene rings is 2. The summed E-state index contributed by atoms with van der Waals surface area (Å²) in [5, 5.41) is 0. The van der Waals surface area contributed by atoms with Gasteiger partial charge in [-0.05, 0) is 17.7 Å². The third kappa shape index (κ3) is 4.43. The van der Waals surface area contributed by atoms with Crippen LogP contribution >= 0.6 is 0 Å². The quantitative estimate of drug-likeness (QED) is 0.776. The molecule has 0 aromatic heterocycles. The van der Waals surface area contributed by atoms with Crippen molar-refractivity contribution in [1.29, 1.82) is 0 Å². The van der Waals surface area contributed by atoms with Crippen molar-refractivity contribution in [3.05, 3.63) is 71.3 Å². The maximum Gasteiger partial charge on any atom is 0.416 e. The number of rotatable bonds is 5. The summed E-state index contributed by atoms with van der Waals surface area (Å²) in [6.07, 6.45) is -4.46. The number of alkyl halides is 3. The average Bonchev–Trinajstić information content (AvgIpc) is 2.47. The Morgan fingerprint density at radius 3 is 2.38 bits per heavy atom. The van der Waals surface area contributed by atoms with Crippen molar-refractivity contribution >= 4 is 5.78 Å². The van der Waals surface area contributed by atoms with E-state index in [2.05, 4.69) is 0 Å². The van der Waals surface area contributed by atoms with Crippen molar-refractivity contribution in [3.8, 4) is 0 Å². The second-order valence-corrected chi connectivity index (χ2v) is 4.48. The lowest BCUT2D eigenvalue weighted by Crippen LogP contribution is -2.11. The fourth-order valence-corrected chi connectivity index (χ4v) is 1.79.